The van der Waals surface area contributed by atoms with E-state index in [2.05, 4.69) is 5.32 Å². The minimum absolute atomic E-state index is 0.274. The van der Waals surface area contributed by atoms with Crippen LogP contribution in [0.15, 0.2) is 36.4 Å². The number of ether oxygens (including phenoxy) is 2. The van der Waals surface area contributed by atoms with Gasteiger partial charge in [0.15, 0.2) is 0 Å². The van der Waals surface area contributed by atoms with Crippen molar-refractivity contribution in [1.29, 1.82) is 0 Å². The highest BCUT2D eigenvalue weighted by Gasteiger charge is 2.53. The number of hydrogen-bond acceptors (Lipinski definition) is 4. The molecule has 0 aromatic heterocycles. The van der Waals surface area contributed by atoms with Gasteiger partial charge in [-0.1, -0.05) is 30.4 Å². The second-order valence-electron chi connectivity index (χ2n) is 5.69. The van der Waals surface area contributed by atoms with Gasteiger partial charge in [0.25, 0.3) is 0 Å². The van der Waals surface area contributed by atoms with Gasteiger partial charge in [-0.15, -0.1) is 0 Å². The van der Waals surface area contributed by atoms with Crippen LogP contribution in [0.4, 0.5) is 0 Å². The third-order valence-corrected chi connectivity index (χ3v) is 4.37. The number of carboxylic acids is 1. The molecule has 1 saturated heterocycles. The molecule has 0 radical (unpaired) electrons. The van der Waals surface area contributed by atoms with Crippen molar-refractivity contribution in [3.63, 3.8) is 0 Å². The highest BCUT2D eigenvalue weighted by atomic mass is 16.5. The summed E-state index contributed by atoms with van der Waals surface area (Å²) in [6.07, 6.45) is 3.18. The summed E-state index contributed by atoms with van der Waals surface area (Å²) >= 11 is 0. The van der Waals surface area contributed by atoms with Crippen molar-refractivity contribution >= 4 is 11.9 Å². The van der Waals surface area contributed by atoms with Crippen LogP contribution in [0.3, 0.4) is 0 Å². The average molecular weight is 317 g/mol. The Balaban J connectivity index is 1.59. The van der Waals surface area contributed by atoms with Crippen molar-refractivity contribution in [2.75, 3.05) is 13.7 Å². The number of aliphatic carboxylic acids is 1. The maximum absolute atomic E-state index is 12.4. The fourth-order valence-corrected chi connectivity index (χ4v) is 3.26. The lowest BCUT2D eigenvalue weighted by Gasteiger charge is -2.21. The van der Waals surface area contributed by atoms with E-state index in [1.165, 1.54) is 0 Å². The molecule has 1 aromatic rings. The van der Waals surface area contributed by atoms with Gasteiger partial charge >= 0.3 is 5.97 Å². The highest BCUT2D eigenvalue weighted by molar-refractivity contribution is 5.87. The second-order valence-corrected chi connectivity index (χ2v) is 5.69. The molecule has 0 aliphatic carbocycles. The van der Waals surface area contributed by atoms with Gasteiger partial charge in [-0.3, -0.25) is 9.59 Å². The summed E-state index contributed by atoms with van der Waals surface area (Å²) in [5, 5.41) is 12.1. The zero-order valence-corrected chi connectivity index (χ0v) is 12.8. The topological polar surface area (TPSA) is 84.9 Å². The van der Waals surface area contributed by atoms with Crippen molar-refractivity contribution in [2.24, 2.45) is 11.8 Å². The van der Waals surface area contributed by atoms with Gasteiger partial charge in [0.2, 0.25) is 5.91 Å². The number of nitrogens with one attached hydrogen (secondary N) is 1. The van der Waals surface area contributed by atoms with Gasteiger partial charge in [-0.2, -0.15) is 0 Å². The number of rotatable bonds is 6. The molecule has 2 heterocycles. The fraction of sp³-hybridized carbons (Fsp3) is 0.412. The molecule has 1 fully saturated rings. The molecule has 6 heteroatoms. The Bertz CT molecular complexity index is 642. The number of amides is 1. The lowest BCUT2D eigenvalue weighted by Crippen LogP contribution is -2.43. The Hall–Kier alpha value is -2.34. The van der Waals surface area contributed by atoms with Crippen LogP contribution in [0.2, 0.25) is 0 Å². The van der Waals surface area contributed by atoms with E-state index < -0.39 is 30.0 Å². The Morgan fingerprint density at radius 2 is 1.91 bits per heavy atom. The molecule has 2 aliphatic rings. The first-order valence-corrected chi connectivity index (χ1v) is 7.58. The minimum atomic E-state index is -0.994. The van der Waals surface area contributed by atoms with Crippen LogP contribution in [-0.2, 0) is 20.7 Å². The predicted octanol–water partition coefficient (Wildman–Crippen LogP) is 1.01. The van der Waals surface area contributed by atoms with Crippen LogP contribution in [-0.4, -0.2) is 42.8 Å². The normalized spacial score (nSPS) is 27.9. The maximum atomic E-state index is 12.4. The fourth-order valence-electron chi connectivity index (χ4n) is 3.26. The molecule has 0 unspecified atom stereocenters. The standard InChI is InChI=1S/C17H19NO5/c1-22-11-5-3-2-4-10(11)8-9-18-16(19)14-12-6-7-13(23-12)15(14)17(20)21/h2-7,12-15H,8-9H2,1H3,(H,18,19)(H,20,21)/t12-,13+,14-,15+/m1/s1. The van der Waals surface area contributed by atoms with E-state index >= 15 is 0 Å². The summed E-state index contributed by atoms with van der Waals surface area (Å²) in [5.41, 5.74) is 0.995. The molecule has 0 saturated carbocycles. The van der Waals surface area contributed by atoms with Gasteiger partial charge in [0.05, 0.1) is 25.2 Å². The number of hydrogen-bond donors (Lipinski definition) is 2. The van der Waals surface area contributed by atoms with Gasteiger partial charge in [0, 0.05) is 6.54 Å². The molecular weight excluding hydrogens is 298 g/mol. The van der Waals surface area contributed by atoms with E-state index in [9.17, 15) is 14.7 Å². The largest absolute Gasteiger partial charge is 0.496 e. The predicted molar refractivity (Wildman–Crippen MR) is 82.1 cm³/mol. The quantitative estimate of drug-likeness (QED) is 0.765. The van der Waals surface area contributed by atoms with E-state index in [4.69, 9.17) is 9.47 Å². The van der Waals surface area contributed by atoms with Gasteiger partial charge < -0.3 is 19.9 Å². The summed E-state index contributed by atoms with van der Waals surface area (Å²) in [7, 11) is 1.60. The molecule has 4 atom stereocenters. The minimum Gasteiger partial charge on any atom is -0.496 e. The van der Waals surface area contributed by atoms with Crippen LogP contribution < -0.4 is 10.1 Å². The van der Waals surface area contributed by atoms with E-state index in [1.54, 1.807) is 19.3 Å². The zero-order chi connectivity index (χ0) is 16.4. The highest BCUT2D eigenvalue weighted by Crippen LogP contribution is 2.39. The Morgan fingerprint density at radius 3 is 2.61 bits per heavy atom. The molecule has 2 N–H and O–H groups in total. The molecule has 23 heavy (non-hydrogen) atoms. The third-order valence-electron chi connectivity index (χ3n) is 4.37. The first kappa shape index (κ1) is 15.6. The van der Waals surface area contributed by atoms with Gasteiger partial charge in [-0.25, -0.2) is 0 Å². The smallest absolute Gasteiger partial charge is 0.310 e. The number of carbonyl (C=O) groups is 2. The zero-order valence-electron chi connectivity index (χ0n) is 12.8. The van der Waals surface area contributed by atoms with E-state index in [-0.39, 0.29) is 5.91 Å². The number of fused-ring (bicyclic) bond motifs is 2. The maximum Gasteiger partial charge on any atom is 0.310 e. The number of para-hydroxylation sites is 1. The lowest BCUT2D eigenvalue weighted by atomic mass is 9.82. The average Bonchev–Trinajstić information content (AvgIpc) is 3.16. The number of carboxylic acid groups (broad SMARTS) is 1. The van der Waals surface area contributed by atoms with Crippen LogP contribution in [0, 0.1) is 11.8 Å². The SMILES string of the molecule is COc1ccccc1CCNC(=O)[C@H]1[C@@H](C(=O)O)[C@@H]2C=C[C@H]1O2. The summed E-state index contributed by atoms with van der Waals surface area (Å²) < 4.78 is 10.8. The summed E-state index contributed by atoms with van der Waals surface area (Å²) in [6, 6.07) is 7.60. The van der Waals surface area contributed by atoms with Crippen molar-refractivity contribution in [3.8, 4) is 5.75 Å². The second kappa shape index (κ2) is 6.42. The summed E-state index contributed by atoms with van der Waals surface area (Å²) in [6.45, 7) is 0.420. The van der Waals surface area contributed by atoms with E-state index in [1.807, 2.05) is 24.3 Å². The summed E-state index contributed by atoms with van der Waals surface area (Å²) in [5.74, 6) is -1.97. The summed E-state index contributed by atoms with van der Waals surface area (Å²) in [4.78, 5) is 23.7. The third kappa shape index (κ3) is 2.94. The van der Waals surface area contributed by atoms with Crippen molar-refractivity contribution < 1.29 is 24.2 Å². The van der Waals surface area contributed by atoms with Gasteiger partial charge in [-0.05, 0) is 18.1 Å². The molecule has 2 bridgehead atoms. The molecule has 2 aliphatic heterocycles. The van der Waals surface area contributed by atoms with Crippen LogP contribution in [0.1, 0.15) is 5.56 Å². The molecule has 1 amide bonds. The molecule has 122 valence electrons. The van der Waals surface area contributed by atoms with E-state index in [0.717, 1.165) is 11.3 Å². The number of methoxy groups -OCH3 is 1. The van der Waals surface area contributed by atoms with Crippen molar-refractivity contribution in [3.05, 3.63) is 42.0 Å². The Morgan fingerprint density at radius 1 is 1.22 bits per heavy atom. The molecule has 1 aromatic carbocycles. The number of carbonyl (C=O) groups excluding carboxylic acids is 1. The first-order chi connectivity index (χ1) is 11.1. The molecular formula is C17H19NO5. The van der Waals surface area contributed by atoms with Crippen LogP contribution in [0.5, 0.6) is 5.75 Å². The van der Waals surface area contributed by atoms with Gasteiger partial charge in [0.1, 0.15) is 11.7 Å². The molecule has 3 rings (SSSR count). The Labute approximate surface area is 134 Å². The molecule has 6 nitrogen and oxygen atoms in total. The van der Waals surface area contributed by atoms with Crippen molar-refractivity contribution in [2.45, 2.75) is 18.6 Å². The number of benzene rings is 1. The first-order valence-electron chi connectivity index (χ1n) is 7.58. The monoisotopic (exact) mass is 317 g/mol. The Kier molecular flexibility index (Phi) is 4.34. The van der Waals surface area contributed by atoms with Crippen molar-refractivity contribution in [1.82, 2.24) is 5.32 Å². The van der Waals surface area contributed by atoms with E-state index in [0.29, 0.717) is 13.0 Å². The lowest BCUT2D eigenvalue weighted by molar-refractivity contribution is -0.146. The van der Waals surface area contributed by atoms with Crippen LogP contribution >= 0.6 is 0 Å². The van der Waals surface area contributed by atoms with Crippen LogP contribution in [0.25, 0.3) is 0 Å². The molecule has 0 spiro atoms.